The molecule has 13 heteroatoms. The molecule has 0 bridgehead atoms. The van der Waals surface area contributed by atoms with E-state index in [9.17, 15) is 30.6 Å². The molecule has 4 rings (SSSR count). The summed E-state index contributed by atoms with van der Waals surface area (Å²) in [6, 6.07) is 12.3. The first kappa shape index (κ1) is 36.8. The minimum atomic E-state index is -1.44. The lowest BCUT2D eigenvalue weighted by Gasteiger charge is -2.39. The maximum absolute atomic E-state index is 11.0. The highest BCUT2D eigenvalue weighted by molar-refractivity contribution is 5.84. The van der Waals surface area contributed by atoms with E-state index in [1.54, 1.807) is 18.7 Å². The smallest absolute Gasteiger partial charge is 0.155 e. The molecule has 2 heterocycles. The monoisotopic (exact) mass is 652 g/mol. The van der Waals surface area contributed by atoms with Crippen LogP contribution in [0.15, 0.2) is 36.4 Å². The van der Waals surface area contributed by atoms with Crippen LogP contribution >= 0.6 is 0 Å². The standard InChI is InChI=1S/C33H52N2O11/c1-20-43-18-28(38)32(45-20)30(40)26(36)16-35(17-27(37)31(41)33-29(39)19-44-21(2)46-33)12-5-13-42-25-10-9-23-14-22(6-3-4-11-34)7-8-24(23)15-25/h7-10,14-15,20-21,26-33,36-41H,3-6,11-13,16-19,34H2,1-2H3/t20?,21?,26?,27?,28-,29-,30?,31?,32-,33-/m1/s1. The highest BCUT2D eigenvalue weighted by Crippen LogP contribution is 2.24. The number of nitrogens with two attached hydrogens (primary N) is 1. The quantitative estimate of drug-likeness (QED) is 0.112. The minimum absolute atomic E-state index is 0.0435. The first-order valence-corrected chi connectivity index (χ1v) is 16.3. The third kappa shape index (κ3) is 10.5. The molecular formula is C33H52N2O11. The van der Waals surface area contributed by atoms with E-state index in [0.29, 0.717) is 31.9 Å². The van der Waals surface area contributed by atoms with E-state index in [1.165, 1.54) is 5.56 Å². The lowest BCUT2D eigenvalue weighted by atomic mass is 10.00. The van der Waals surface area contributed by atoms with Crippen molar-refractivity contribution in [3.8, 4) is 5.75 Å². The Labute approximate surface area is 270 Å². The van der Waals surface area contributed by atoms with Crippen LogP contribution in [0.4, 0.5) is 0 Å². The van der Waals surface area contributed by atoms with E-state index >= 15 is 0 Å². The van der Waals surface area contributed by atoms with Gasteiger partial charge in [-0.15, -0.1) is 0 Å². The second-order valence-electron chi connectivity index (χ2n) is 12.3. The van der Waals surface area contributed by atoms with E-state index in [4.69, 9.17) is 29.4 Å². The molecule has 0 aromatic heterocycles. The highest BCUT2D eigenvalue weighted by atomic mass is 16.7. The maximum atomic E-state index is 11.0. The molecule has 0 amide bonds. The fourth-order valence-corrected chi connectivity index (χ4v) is 5.89. The number of fused-ring (bicyclic) bond motifs is 1. The van der Waals surface area contributed by atoms with E-state index in [0.717, 1.165) is 30.0 Å². The van der Waals surface area contributed by atoms with Crippen molar-refractivity contribution < 1.29 is 54.3 Å². The summed E-state index contributed by atoms with van der Waals surface area (Å²) in [6.07, 6.45) is -7.78. The van der Waals surface area contributed by atoms with Crippen LogP contribution < -0.4 is 10.5 Å². The van der Waals surface area contributed by atoms with Gasteiger partial charge < -0.3 is 60.1 Å². The van der Waals surface area contributed by atoms with Gasteiger partial charge in [0.05, 0.1) is 32.0 Å². The number of ether oxygens (including phenoxy) is 5. The van der Waals surface area contributed by atoms with Crippen molar-refractivity contribution in [2.24, 2.45) is 5.73 Å². The van der Waals surface area contributed by atoms with Crippen LogP contribution in [0.25, 0.3) is 10.8 Å². The van der Waals surface area contributed by atoms with Gasteiger partial charge in [0.25, 0.3) is 0 Å². The number of hydrogen-bond acceptors (Lipinski definition) is 13. The Morgan fingerprint density at radius 3 is 1.96 bits per heavy atom. The lowest BCUT2D eigenvalue weighted by Crippen LogP contribution is -2.57. The summed E-state index contributed by atoms with van der Waals surface area (Å²) in [4.78, 5) is 1.68. The summed E-state index contributed by atoms with van der Waals surface area (Å²) in [5.41, 5.74) is 6.89. The van der Waals surface area contributed by atoms with Crippen molar-refractivity contribution in [3.05, 3.63) is 42.0 Å². The molecule has 0 aliphatic carbocycles. The van der Waals surface area contributed by atoms with Crippen molar-refractivity contribution in [2.45, 2.75) is 101 Å². The molecule has 2 fully saturated rings. The van der Waals surface area contributed by atoms with Gasteiger partial charge in [0.1, 0.15) is 42.4 Å². The SMILES string of the molecule is CC1OC[C@@H](O)[C@H](C(O)C(O)CN(CCCOc2ccc3cc(CCCCN)ccc3c2)CC(O)C(O)[C@@H]2OC(C)OC[C@H]2O)O1. The van der Waals surface area contributed by atoms with Crippen molar-refractivity contribution in [3.63, 3.8) is 0 Å². The van der Waals surface area contributed by atoms with E-state index in [2.05, 4.69) is 18.2 Å². The maximum Gasteiger partial charge on any atom is 0.155 e. The van der Waals surface area contributed by atoms with Gasteiger partial charge in [-0.05, 0) is 74.5 Å². The lowest BCUT2D eigenvalue weighted by molar-refractivity contribution is -0.274. The summed E-state index contributed by atoms with van der Waals surface area (Å²) in [5, 5.41) is 66.3. The molecule has 6 unspecified atom stereocenters. The Kier molecular flexibility index (Phi) is 14.4. The third-order valence-corrected chi connectivity index (χ3v) is 8.49. The van der Waals surface area contributed by atoms with Crippen LogP contribution in [-0.2, 0) is 25.4 Å². The summed E-state index contributed by atoms with van der Waals surface area (Å²) in [5.74, 6) is 0.709. The van der Waals surface area contributed by atoms with Crippen LogP contribution in [0, 0.1) is 0 Å². The molecule has 8 N–H and O–H groups in total. The Morgan fingerprint density at radius 2 is 1.37 bits per heavy atom. The Balaban J connectivity index is 1.36. The molecule has 0 spiro atoms. The number of nitrogens with zero attached hydrogens (tertiary/aromatic N) is 1. The fraction of sp³-hybridized carbons (Fsp3) is 0.697. The molecule has 0 radical (unpaired) electrons. The molecule has 260 valence electrons. The number of aliphatic hydroxyl groups is 6. The first-order chi connectivity index (χ1) is 22.0. The van der Waals surface area contributed by atoms with Gasteiger partial charge in [0, 0.05) is 19.6 Å². The van der Waals surface area contributed by atoms with Gasteiger partial charge in [0.2, 0.25) is 0 Å². The van der Waals surface area contributed by atoms with Crippen LogP contribution in [0.1, 0.15) is 38.7 Å². The average molecular weight is 653 g/mol. The molecule has 2 aromatic carbocycles. The van der Waals surface area contributed by atoms with Crippen molar-refractivity contribution in [2.75, 3.05) is 46.0 Å². The molecule has 13 nitrogen and oxygen atoms in total. The number of aliphatic hydroxyl groups excluding tert-OH is 6. The topological polar surface area (TPSA) is 197 Å². The normalized spacial score (nSPS) is 28.2. The number of hydrogen-bond donors (Lipinski definition) is 7. The molecule has 10 atom stereocenters. The average Bonchev–Trinajstić information content (AvgIpc) is 3.04. The van der Waals surface area contributed by atoms with Gasteiger partial charge in [-0.2, -0.15) is 0 Å². The summed E-state index contributed by atoms with van der Waals surface area (Å²) < 4.78 is 27.5. The summed E-state index contributed by atoms with van der Waals surface area (Å²) >= 11 is 0. The highest BCUT2D eigenvalue weighted by Gasteiger charge is 2.40. The molecular weight excluding hydrogens is 600 g/mol. The molecule has 2 aliphatic heterocycles. The van der Waals surface area contributed by atoms with Crippen molar-refractivity contribution in [1.29, 1.82) is 0 Å². The van der Waals surface area contributed by atoms with Gasteiger partial charge in [-0.1, -0.05) is 24.3 Å². The number of unbranched alkanes of at least 4 members (excludes halogenated alkanes) is 1. The van der Waals surface area contributed by atoms with E-state index < -0.39 is 61.4 Å². The summed E-state index contributed by atoms with van der Waals surface area (Å²) in [6.45, 7) is 4.31. The molecule has 2 aromatic rings. The predicted octanol–water partition coefficient (Wildman–Crippen LogP) is -0.120. The summed E-state index contributed by atoms with van der Waals surface area (Å²) in [7, 11) is 0. The zero-order valence-corrected chi connectivity index (χ0v) is 26.8. The second kappa shape index (κ2) is 18.0. The zero-order chi connectivity index (χ0) is 33.2. The molecule has 2 saturated heterocycles. The number of aryl methyl sites for hydroxylation is 1. The van der Waals surface area contributed by atoms with E-state index in [1.807, 2.05) is 18.2 Å². The Hall–Kier alpha value is -1.98. The van der Waals surface area contributed by atoms with Gasteiger partial charge in [-0.3, -0.25) is 4.90 Å². The van der Waals surface area contributed by atoms with Crippen LogP contribution in [0.3, 0.4) is 0 Å². The minimum Gasteiger partial charge on any atom is -0.494 e. The van der Waals surface area contributed by atoms with Gasteiger partial charge in [-0.25, -0.2) is 0 Å². The number of rotatable bonds is 17. The van der Waals surface area contributed by atoms with Crippen LogP contribution in [-0.4, -0.2) is 143 Å². The fourth-order valence-electron chi connectivity index (χ4n) is 5.89. The Bertz CT molecular complexity index is 1150. The van der Waals surface area contributed by atoms with Gasteiger partial charge in [0.15, 0.2) is 12.6 Å². The van der Waals surface area contributed by atoms with Crippen molar-refractivity contribution in [1.82, 2.24) is 4.90 Å². The zero-order valence-electron chi connectivity index (χ0n) is 26.8. The molecule has 2 aliphatic rings. The molecule has 46 heavy (non-hydrogen) atoms. The first-order valence-electron chi connectivity index (χ1n) is 16.3. The predicted molar refractivity (Wildman–Crippen MR) is 169 cm³/mol. The van der Waals surface area contributed by atoms with Crippen LogP contribution in [0.5, 0.6) is 5.75 Å². The number of benzene rings is 2. The van der Waals surface area contributed by atoms with Gasteiger partial charge >= 0.3 is 0 Å². The largest absolute Gasteiger partial charge is 0.494 e. The van der Waals surface area contributed by atoms with E-state index in [-0.39, 0.29) is 26.3 Å². The third-order valence-electron chi connectivity index (χ3n) is 8.49. The molecule has 0 saturated carbocycles. The second-order valence-corrected chi connectivity index (χ2v) is 12.3. The van der Waals surface area contributed by atoms with Crippen LogP contribution in [0.2, 0.25) is 0 Å². The Morgan fingerprint density at radius 1 is 0.804 bits per heavy atom. The van der Waals surface area contributed by atoms with Crippen molar-refractivity contribution >= 4 is 10.8 Å².